The first kappa shape index (κ1) is 9.45. The Labute approximate surface area is 76.6 Å². The molecule has 0 unspecified atom stereocenters. The van der Waals surface area contributed by atoms with Crippen LogP contribution in [0.5, 0.6) is 0 Å². The number of halogens is 1. The molecule has 0 saturated heterocycles. The molecule has 0 amide bonds. The minimum Gasteiger partial charge on any atom is -0.388 e. The number of hydrogen-bond donors (Lipinski definition) is 2. The second kappa shape index (κ2) is 3.85. The Hall–Kier alpha value is -1.64. The average Bonchev–Trinajstić information content (AvgIpc) is 2.17. The minimum absolute atomic E-state index is 0.329. The van der Waals surface area contributed by atoms with Crippen LogP contribution in [-0.2, 0) is 0 Å². The number of rotatable bonds is 3. The molecule has 1 rings (SSSR count). The fraction of sp³-hybridized carbons (Fsp3) is 0.100. The van der Waals surface area contributed by atoms with Gasteiger partial charge in [-0.25, -0.2) is 4.39 Å². The fourth-order valence-corrected chi connectivity index (χ4v) is 1.10. The highest BCUT2D eigenvalue weighted by atomic mass is 19.1. The van der Waals surface area contributed by atoms with Gasteiger partial charge in [0.25, 0.3) is 0 Å². The van der Waals surface area contributed by atoms with Crippen molar-refractivity contribution in [2.75, 3.05) is 12.4 Å². The highest BCUT2D eigenvalue weighted by Crippen LogP contribution is 2.19. The van der Waals surface area contributed by atoms with E-state index in [4.69, 9.17) is 5.41 Å². The highest BCUT2D eigenvalue weighted by molar-refractivity contribution is 5.87. The van der Waals surface area contributed by atoms with Crippen LogP contribution in [0.2, 0.25) is 0 Å². The molecule has 0 heterocycles. The molecule has 68 valence electrons. The van der Waals surface area contributed by atoms with Gasteiger partial charge in [0.2, 0.25) is 0 Å². The monoisotopic (exact) mass is 178 g/mol. The van der Waals surface area contributed by atoms with Gasteiger partial charge >= 0.3 is 0 Å². The van der Waals surface area contributed by atoms with Crippen LogP contribution in [0.15, 0.2) is 18.7 Å². The molecule has 0 spiro atoms. The van der Waals surface area contributed by atoms with Gasteiger partial charge in [-0.05, 0) is 12.1 Å². The van der Waals surface area contributed by atoms with Crippen molar-refractivity contribution in [3.8, 4) is 0 Å². The summed E-state index contributed by atoms with van der Waals surface area (Å²) in [5, 5.41) is 9.92. The predicted molar refractivity (Wildman–Crippen MR) is 53.9 cm³/mol. The third kappa shape index (κ3) is 1.75. The Morgan fingerprint density at radius 2 is 2.15 bits per heavy atom. The maximum atomic E-state index is 13.2. The first-order chi connectivity index (χ1) is 6.22. The molecule has 0 atom stereocenters. The summed E-state index contributed by atoms with van der Waals surface area (Å²) in [6.07, 6.45) is 2.61. The molecule has 0 bridgehead atoms. The first-order valence-corrected chi connectivity index (χ1v) is 3.87. The first-order valence-electron chi connectivity index (χ1n) is 3.87. The fourth-order valence-electron chi connectivity index (χ4n) is 1.10. The van der Waals surface area contributed by atoms with Crippen LogP contribution in [0.4, 0.5) is 10.1 Å². The standard InChI is InChI=1S/C10H11FN2/c1-3-7-4-8(6-12)10(13-2)5-9(7)11/h3-6,12-13H,1H2,2H3. The van der Waals surface area contributed by atoms with Crippen LogP contribution >= 0.6 is 0 Å². The lowest BCUT2D eigenvalue weighted by atomic mass is 10.1. The van der Waals surface area contributed by atoms with E-state index in [1.807, 2.05) is 0 Å². The molecule has 3 heteroatoms. The van der Waals surface area contributed by atoms with Gasteiger partial charge in [-0.1, -0.05) is 12.7 Å². The summed E-state index contributed by atoms with van der Waals surface area (Å²) in [6.45, 7) is 3.49. The van der Waals surface area contributed by atoms with E-state index in [1.165, 1.54) is 18.4 Å². The van der Waals surface area contributed by atoms with Crippen molar-refractivity contribution >= 4 is 18.0 Å². The van der Waals surface area contributed by atoms with Crippen LogP contribution in [0.25, 0.3) is 6.08 Å². The van der Waals surface area contributed by atoms with Crippen LogP contribution < -0.4 is 5.32 Å². The van der Waals surface area contributed by atoms with Gasteiger partial charge < -0.3 is 10.7 Å². The molecular weight excluding hydrogens is 167 g/mol. The van der Waals surface area contributed by atoms with Crippen molar-refractivity contribution in [1.29, 1.82) is 5.41 Å². The van der Waals surface area contributed by atoms with Crippen LogP contribution in [0.1, 0.15) is 11.1 Å². The predicted octanol–water partition coefficient (Wildman–Crippen LogP) is 2.51. The van der Waals surface area contributed by atoms with E-state index in [2.05, 4.69) is 11.9 Å². The SMILES string of the molecule is C=Cc1cc(C=N)c(NC)cc1F. The lowest BCUT2D eigenvalue weighted by molar-refractivity contribution is 0.625. The van der Waals surface area contributed by atoms with Gasteiger partial charge in [-0.3, -0.25) is 0 Å². The van der Waals surface area contributed by atoms with Crippen molar-refractivity contribution < 1.29 is 4.39 Å². The second-order valence-corrected chi connectivity index (χ2v) is 2.56. The quantitative estimate of drug-likeness (QED) is 0.685. The Bertz CT molecular complexity index is 345. The van der Waals surface area contributed by atoms with Gasteiger partial charge in [0.05, 0.1) is 0 Å². The summed E-state index contributed by atoms with van der Waals surface area (Å²) in [6, 6.07) is 2.94. The summed E-state index contributed by atoms with van der Waals surface area (Å²) >= 11 is 0. The minimum atomic E-state index is -0.329. The zero-order valence-corrected chi connectivity index (χ0v) is 7.39. The number of hydrogen-bond acceptors (Lipinski definition) is 2. The van der Waals surface area contributed by atoms with Crippen molar-refractivity contribution in [2.45, 2.75) is 0 Å². The Kier molecular flexibility index (Phi) is 2.80. The molecule has 0 aliphatic carbocycles. The van der Waals surface area contributed by atoms with Gasteiger partial charge in [-0.15, -0.1) is 0 Å². The summed E-state index contributed by atoms with van der Waals surface area (Å²) in [5.74, 6) is -0.329. The molecule has 0 aliphatic heterocycles. The normalized spacial score (nSPS) is 9.38. The lowest BCUT2D eigenvalue weighted by Gasteiger charge is -2.06. The molecule has 0 saturated carbocycles. The van der Waals surface area contributed by atoms with E-state index in [0.29, 0.717) is 16.8 Å². The molecule has 0 radical (unpaired) electrons. The molecule has 1 aromatic rings. The maximum Gasteiger partial charge on any atom is 0.132 e. The Morgan fingerprint density at radius 3 is 2.62 bits per heavy atom. The van der Waals surface area contributed by atoms with E-state index in [9.17, 15) is 4.39 Å². The zero-order chi connectivity index (χ0) is 9.84. The molecule has 1 aromatic carbocycles. The van der Waals surface area contributed by atoms with Gasteiger partial charge in [0.15, 0.2) is 0 Å². The van der Waals surface area contributed by atoms with Crippen molar-refractivity contribution in [2.24, 2.45) is 0 Å². The molecule has 0 aromatic heterocycles. The van der Waals surface area contributed by atoms with Crippen LogP contribution in [-0.4, -0.2) is 13.3 Å². The maximum absolute atomic E-state index is 13.2. The van der Waals surface area contributed by atoms with Crippen molar-refractivity contribution in [3.63, 3.8) is 0 Å². The summed E-state index contributed by atoms with van der Waals surface area (Å²) < 4.78 is 13.2. The topological polar surface area (TPSA) is 35.9 Å². The summed E-state index contributed by atoms with van der Waals surface area (Å²) in [7, 11) is 1.69. The van der Waals surface area contributed by atoms with Gasteiger partial charge in [0.1, 0.15) is 5.82 Å². The van der Waals surface area contributed by atoms with Gasteiger partial charge in [0, 0.05) is 30.1 Å². The second-order valence-electron chi connectivity index (χ2n) is 2.56. The molecular formula is C10H11FN2. The van der Waals surface area contributed by atoms with Gasteiger partial charge in [-0.2, -0.15) is 0 Å². The zero-order valence-electron chi connectivity index (χ0n) is 7.39. The largest absolute Gasteiger partial charge is 0.388 e. The third-order valence-electron chi connectivity index (χ3n) is 1.81. The summed E-state index contributed by atoms with van der Waals surface area (Å²) in [4.78, 5) is 0. The van der Waals surface area contributed by atoms with E-state index < -0.39 is 0 Å². The highest BCUT2D eigenvalue weighted by Gasteiger charge is 2.04. The molecule has 0 aliphatic rings. The van der Waals surface area contributed by atoms with Crippen molar-refractivity contribution in [1.82, 2.24) is 0 Å². The molecule has 13 heavy (non-hydrogen) atoms. The van der Waals surface area contributed by atoms with Crippen LogP contribution in [0, 0.1) is 11.2 Å². The summed E-state index contributed by atoms with van der Waals surface area (Å²) in [5.41, 5.74) is 1.68. The Balaban J connectivity index is 3.34. The van der Waals surface area contributed by atoms with E-state index in [1.54, 1.807) is 13.1 Å². The molecule has 0 fully saturated rings. The third-order valence-corrected chi connectivity index (χ3v) is 1.81. The van der Waals surface area contributed by atoms with E-state index in [0.717, 1.165) is 0 Å². The number of nitrogens with one attached hydrogen (secondary N) is 2. The lowest BCUT2D eigenvalue weighted by Crippen LogP contribution is -1.97. The number of benzene rings is 1. The Morgan fingerprint density at radius 1 is 1.46 bits per heavy atom. The van der Waals surface area contributed by atoms with E-state index >= 15 is 0 Å². The number of anilines is 1. The van der Waals surface area contributed by atoms with Crippen LogP contribution in [0.3, 0.4) is 0 Å². The molecule has 2 nitrogen and oxygen atoms in total. The van der Waals surface area contributed by atoms with Crippen molar-refractivity contribution in [3.05, 3.63) is 35.7 Å². The average molecular weight is 178 g/mol. The smallest absolute Gasteiger partial charge is 0.132 e. The molecule has 2 N–H and O–H groups in total. The van der Waals surface area contributed by atoms with E-state index in [-0.39, 0.29) is 5.82 Å².